The second-order valence-corrected chi connectivity index (χ2v) is 7.02. The first-order valence-corrected chi connectivity index (χ1v) is 7.42. The zero-order chi connectivity index (χ0) is 12.7. The summed E-state index contributed by atoms with van der Waals surface area (Å²) < 4.78 is 0. The van der Waals surface area contributed by atoms with Crippen LogP contribution in [0.1, 0.15) is 41.5 Å². The van der Waals surface area contributed by atoms with E-state index in [1.54, 1.807) is 0 Å². The van der Waals surface area contributed by atoms with Crippen molar-refractivity contribution in [3.63, 3.8) is 0 Å². The van der Waals surface area contributed by atoms with Crippen LogP contribution in [0.15, 0.2) is 0 Å². The Morgan fingerprint density at radius 2 is 1.53 bits per heavy atom. The minimum Gasteiger partial charge on any atom is -0.311 e. The molecule has 2 bridgehead atoms. The van der Waals surface area contributed by atoms with Crippen molar-refractivity contribution in [1.29, 1.82) is 0 Å². The van der Waals surface area contributed by atoms with Crippen LogP contribution in [0.25, 0.3) is 0 Å². The van der Waals surface area contributed by atoms with E-state index >= 15 is 0 Å². The van der Waals surface area contributed by atoms with Gasteiger partial charge < -0.3 is 5.32 Å². The Morgan fingerprint density at radius 1 is 0.941 bits per heavy atom. The molecule has 4 unspecified atom stereocenters. The molecule has 3 saturated heterocycles. The fourth-order valence-corrected chi connectivity index (χ4v) is 4.35. The lowest BCUT2D eigenvalue weighted by Gasteiger charge is -2.58. The van der Waals surface area contributed by atoms with Gasteiger partial charge in [0.1, 0.15) is 0 Å². The Kier molecular flexibility index (Phi) is 3.84. The quantitative estimate of drug-likeness (QED) is 0.813. The third-order valence-electron chi connectivity index (χ3n) is 4.98. The zero-order valence-electron chi connectivity index (χ0n) is 12.4. The van der Waals surface area contributed by atoms with E-state index in [4.69, 9.17) is 0 Å². The molecule has 3 aliphatic heterocycles. The van der Waals surface area contributed by atoms with Gasteiger partial charge >= 0.3 is 0 Å². The molecule has 0 aromatic heterocycles. The summed E-state index contributed by atoms with van der Waals surface area (Å²) in [4.78, 5) is 2.74. The molecule has 3 aliphatic rings. The van der Waals surface area contributed by atoms with Crippen molar-refractivity contribution in [3.05, 3.63) is 0 Å². The first kappa shape index (κ1) is 13.4. The van der Waals surface area contributed by atoms with E-state index in [-0.39, 0.29) is 0 Å². The molecule has 1 N–H and O–H groups in total. The molecule has 100 valence electrons. The Bertz CT molecular complexity index is 260. The van der Waals surface area contributed by atoms with Crippen LogP contribution >= 0.6 is 0 Å². The molecule has 0 aliphatic carbocycles. The van der Waals surface area contributed by atoms with Crippen LogP contribution in [-0.4, -0.2) is 36.1 Å². The molecule has 0 spiro atoms. The summed E-state index contributed by atoms with van der Waals surface area (Å²) in [6.45, 7) is 16.8. The lowest BCUT2D eigenvalue weighted by atomic mass is 9.64. The van der Waals surface area contributed by atoms with E-state index in [1.165, 1.54) is 13.1 Å². The first-order valence-electron chi connectivity index (χ1n) is 7.42. The van der Waals surface area contributed by atoms with Crippen molar-refractivity contribution < 1.29 is 0 Å². The SMILES string of the molecule is CC(C)C1C2CN(C(C)C)C(CN2)C1C(C)C. The standard InChI is InChI=1S/C15H30N2/c1-9(2)14-12-8-17(11(5)6)13(7-16-12)15(14)10(3)4/h9-16H,7-8H2,1-6H3. The predicted octanol–water partition coefficient (Wildman–Crippen LogP) is 2.60. The van der Waals surface area contributed by atoms with Gasteiger partial charge in [0.05, 0.1) is 0 Å². The first-order chi connectivity index (χ1) is 7.93. The molecule has 0 aromatic rings. The van der Waals surface area contributed by atoms with Crippen molar-refractivity contribution in [3.8, 4) is 0 Å². The van der Waals surface area contributed by atoms with Crippen molar-refractivity contribution in [2.45, 2.75) is 59.7 Å². The minimum absolute atomic E-state index is 0.693. The molecule has 0 saturated carbocycles. The van der Waals surface area contributed by atoms with E-state index in [0.717, 1.165) is 35.8 Å². The van der Waals surface area contributed by atoms with Crippen molar-refractivity contribution in [1.82, 2.24) is 10.2 Å². The van der Waals surface area contributed by atoms with Gasteiger partial charge in [0.2, 0.25) is 0 Å². The maximum atomic E-state index is 3.78. The van der Waals surface area contributed by atoms with Gasteiger partial charge in [-0.15, -0.1) is 0 Å². The van der Waals surface area contributed by atoms with Crippen molar-refractivity contribution >= 4 is 0 Å². The van der Waals surface area contributed by atoms with Gasteiger partial charge in [-0.1, -0.05) is 27.7 Å². The Morgan fingerprint density at radius 3 is 2.00 bits per heavy atom. The average molecular weight is 238 g/mol. The number of hydrogen-bond donors (Lipinski definition) is 1. The Labute approximate surface area is 107 Å². The molecule has 2 heteroatoms. The van der Waals surface area contributed by atoms with E-state index in [1.807, 2.05) is 0 Å². The summed E-state index contributed by atoms with van der Waals surface area (Å²) in [5.41, 5.74) is 0. The van der Waals surface area contributed by atoms with E-state index in [9.17, 15) is 0 Å². The molecule has 17 heavy (non-hydrogen) atoms. The summed E-state index contributed by atoms with van der Waals surface area (Å²) in [6, 6.07) is 2.17. The summed E-state index contributed by atoms with van der Waals surface area (Å²) in [5, 5.41) is 3.78. The van der Waals surface area contributed by atoms with Crippen LogP contribution in [0.5, 0.6) is 0 Å². The number of nitrogens with one attached hydrogen (secondary N) is 1. The largest absolute Gasteiger partial charge is 0.311 e. The van der Waals surface area contributed by atoms with Crippen LogP contribution < -0.4 is 5.32 Å². The number of fused-ring (bicyclic) bond motifs is 3. The van der Waals surface area contributed by atoms with Crippen LogP contribution in [-0.2, 0) is 0 Å². The Hall–Kier alpha value is -0.0800. The maximum Gasteiger partial charge on any atom is 0.0258 e. The van der Waals surface area contributed by atoms with Crippen molar-refractivity contribution in [2.24, 2.45) is 23.7 Å². The molecular weight excluding hydrogens is 208 g/mol. The monoisotopic (exact) mass is 238 g/mol. The molecule has 3 rings (SSSR count). The van der Waals surface area contributed by atoms with Gasteiger partial charge in [0.25, 0.3) is 0 Å². The maximum absolute atomic E-state index is 3.78. The number of piperidine rings is 2. The van der Waals surface area contributed by atoms with Gasteiger partial charge in [-0.25, -0.2) is 0 Å². The van der Waals surface area contributed by atoms with Crippen LogP contribution in [0.2, 0.25) is 0 Å². The van der Waals surface area contributed by atoms with Gasteiger partial charge in [-0.3, -0.25) is 4.90 Å². The highest BCUT2D eigenvalue weighted by Crippen LogP contribution is 2.42. The lowest BCUT2D eigenvalue weighted by Crippen LogP contribution is -2.71. The van der Waals surface area contributed by atoms with E-state index < -0.39 is 0 Å². The van der Waals surface area contributed by atoms with Gasteiger partial charge in [-0.2, -0.15) is 0 Å². The topological polar surface area (TPSA) is 15.3 Å². The second kappa shape index (κ2) is 4.89. The summed E-state index contributed by atoms with van der Waals surface area (Å²) in [7, 11) is 0. The number of rotatable bonds is 3. The molecule has 3 fully saturated rings. The highest BCUT2D eigenvalue weighted by Gasteiger charge is 2.49. The highest BCUT2D eigenvalue weighted by atomic mass is 15.3. The lowest BCUT2D eigenvalue weighted by molar-refractivity contribution is -0.0694. The third-order valence-corrected chi connectivity index (χ3v) is 4.98. The van der Waals surface area contributed by atoms with E-state index in [2.05, 4.69) is 51.8 Å². The number of piperazine rings is 1. The van der Waals surface area contributed by atoms with Gasteiger partial charge in [0, 0.05) is 31.2 Å². The number of nitrogens with zero attached hydrogens (tertiary/aromatic N) is 1. The molecule has 2 nitrogen and oxygen atoms in total. The minimum atomic E-state index is 0.693. The zero-order valence-corrected chi connectivity index (χ0v) is 12.4. The molecule has 0 radical (unpaired) electrons. The summed E-state index contributed by atoms with van der Waals surface area (Å²) >= 11 is 0. The highest BCUT2D eigenvalue weighted by molar-refractivity contribution is 5.05. The molecular formula is C15H30N2. The number of hydrogen-bond acceptors (Lipinski definition) is 2. The summed E-state index contributed by atoms with van der Waals surface area (Å²) in [6.07, 6.45) is 0. The smallest absolute Gasteiger partial charge is 0.0258 e. The second-order valence-electron chi connectivity index (χ2n) is 7.02. The molecule has 3 heterocycles. The van der Waals surface area contributed by atoms with Gasteiger partial charge in [-0.05, 0) is 37.5 Å². The van der Waals surface area contributed by atoms with Crippen molar-refractivity contribution in [2.75, 3.05) is 13.1 Å². The fourth-order valence-electron chi connectivity index (χ4n) is 4.35. The van der Waals surface area contributed by atoms with Gasteiger partial charge in [0.15, 0.2) is 0 Å². The fraction of sp³-hybridized carbons (Fsp3) is 1.00. The molecule has 0 amide bonds. The normalized spacial score (nSPS) is 38.6. The summed E-state index contributed by atoms with van der Waals surface area (Å²) in [5.74, 6) is 3.34. The predicted molar refractivity (Wildman–Crippen MR) is 74.1 cm³/mol. The third kappa shape index (κ3) is 2.26. The molecule has 4 atom stereocenters. The van der Waals surface area contributed by atoms with Crippen LogP contribution in [0, 0.1) is 23.7 Å². The van der Waals surface area contributed by atoms with Crippen LogP contribution in [0.3, 0.4) is 0 Å². The Balaban J connectivity index is 2.25. The van der Waals surface area contributed by atoms with E-state index in [0.29, 0.717) is 6.04 Å². The van der Waals surface area contributed by atoms with Crippen LogP contribution in [0.4, 0.5) is 0 Å². The average Bonchev–Trinajstić information content (AvgIpc) is 2.27. The molecule has 0 aromatic carbocycles.